The number of hydrogen-bond acceptors (Lipinski definition) is 2. The minimum absolute atomic E-state index is 0.243. The van der Waals surface area contributed by atoms with E-state index in [9.17, 15) is 4.79 Å². The number of rotatable bonds is 1. The summed E-state index contributed by atoms with van der Waals surface area (Å²) in [6.07, 6.45) is 5.08. The van der Waals surface area contributed by atoms with Gasteiger partial charge in [0.1, 0.15) is 0 Å². The van der Waals surface area contributed by atoms with Gasteiger partial charge in [0.05, 0.1) is 0 Å². The van der Waals surface area contributed by atoms with Crippen molar-refractivity contribution in [2.45, 2.75) is 51.6 Å². The van der Waals surface area contributed by atoms with Gasteiger partial charge in [0.2, 0.25) is 0 Å². The van der Waals surface area contributed by atoms with E-state index in [1.165, 1.54) is 13.3 Å². The van der Waals surface area contributed by atoms with Crippen LogP contribution in [-0.2, 0) is 9.53 Å². The molecule has 0 N–H and O–H groups in total. The predicted molar refractivity (Wildman–Crippen MR) is 60.2 cm³/mol. The molecule has 0 spiro atoms. The molecule has 0 amide bonds. The Morgan fingerprint density at radius 1 is 1.27 bits per heavy atom. The molecule has 1 aliphatic carbocycles. The summed E-state index contributed by atoms with van der Waals surface area (Å²) >= 11 is 0. The largest absolute Gasteiger partial charge is 0.446 e. The van der Waals surface area contributed by atoms with Crippen LogP contribution in [0.1, 0.15) is 46.0 Å². The number of carbonyl (C=O) groups excluding carboxylic acids is 1. The summed E-state index contributed by atoms with van der Waals surface area (Å²) < 4.78 is 5.38. The molecule has 0 atom stereocenters. The van der Waals surface area contributed by atoms with Gasteiger partial charge in [0.15, 0.2) is 5.60 Å². The van der Waals surface area contributed by atoms with E-state index in [1.54, 1.807) is 0 Å². The fourth-order valence-electron chi connectivity index (χ4n) is 1.87. The second kappa shape index (κ2) is 5.02. The van der Waals surface area contributed by atoms with Crippen LogP contribution in [0, 0.1) is 11.8 Å². The van der Waals surface area contributed by atoms with Crippen LogP contribution in [0.25, 0.3) is 0 Å². The Hall–Kier alpha value is -1.23. The van der Waals surface area contributed by atoms with Gasteiger partial charge in [0, 0.05) is 6.92 Å². The maximum Gasteiger partial charge on any atom is 0.304 e. The fraction of sp³-hybridized carbons (Fsp3) is 0.615. The van der Waals surface area contributed by atoms with Crippen LogP contribution in [0.4, 0.5) is 0 Å². The molecule has 0 radical (unpaired) electrons. The van der Waals surface area contributed by atoms with Crippen molar-refractivity contribution in [3.8, 4) is 11.8 Å². The van der Waals surface area contributed by atoms with Crippen molar-refractivity contribution in [1.82, 2.24) is 0 Å². The lowest BCUT2D eigenvalue weighted by molar-refractivity contribution is -0.153. The summed E-state index contributed by atoms with van der Waals surface area (Å²) in [6, 6.07) is 0. The Morgan fingerprint density at radius 2 is 1.87 bits per heavy atom. The molecule has 0 bridgehead atoms. The lowest BCUT2D eigenvalue weighted by atomic mass is 9.85. The van der Waals surface area contributed by atoms with Crippen LogP contribution in [-0.4, -0.2) is 11.6 Å². The minimum atomic E-state index is -0.539. The highest BCUT2D eigenvalue weighted by molar-refractivity contribution is 5.67. The maximum atomic E-state index is 11.0. The van der Waals surface area contributed by atoms with Gasteiger partial charge in [-0.3, -0.25) is 4.79 Å². The number of carbonyl (C=O) groups is 1. The second-order valence-corrected chi connectivity index (χ2v) is 4.18. The SMILES string of the molecule is C=C(C)C#CC1(OC(C)=O)CCCCC1. The molecule has 0 aromatic heterocycles. The zero-order valence-electron chi connectivity index (χ0n) is 9.56. The summed E-state index contributed by atoms with van der Waals surface area (Å²) in [4.78, 5) is 11.0. The molecule has 1 saturated carbocycles. The first kappa shape index (κ1) is 11.8. The average Bonchev–Trinajstić information content (AvgIpc) is 2.15. The van der Waals surface area contributed by atoms with E-state index in [0.29, 0.717) is 0 Å². The third kappa shape index (κ3) is 3.79. The average molecular weight is 206 g/mol. The van der Waals surface area contributed by atoms with Crippen LogP contribution in [0.2, 0.25) is 0 Å². The molecular weight excluding hydrogens is 188 g/mol. The topological polar surface area (TPSA) is 26.3 Å². The standard InChI is InChI=1S/C13H18O2/c1-11(2)7-10-13(15-12(3)14)8-5-4-6-9-13/h1,4-6,8-9H2,2-3H3. The van der Waals surface area contributed by atoms with E-state index in [2.05, 4.69) is 18.4 Å². The molecular formula is C13H18O2. The molecule has 1 aliphatic rings. The van der Waals surface area contributed by atoms with Crippen molar-refractivity contribution in [3.63, 3.8) is 0 Å². The normalized spacial score (nSPS) is 18.5. The van der Waals surface area contributed by atoms with Gasteiger partial charge in [-0.1, -0.05) is 24.8 Å². The summed E-state index contributed by atoms with van der Waals surface area (Å²) in [5.74, 6) is 5.77. The monoisotopic (exact) mass is 206 g/mol. The Labute approximate surface area is 91.7 Å². The molecule has 2 nitrogen and oxygen atoms in total. The fourth-order valence-corrected chi connectivity index (χ4v) is 1.87. The zero-order valence-corrected chi connectivity index (χ0v) is 9.56. The van der Waals surface area contributed by atoms with Gasteiger partial charge < -0.3 is 4.74 Å². The third-order valence-electron chi connectivity index (χ3n) is 2.50. The molecule has 0 saturated heterocycles. The quantitative estimate of drug-likeness (QED) is 0.487. The van der Waals surface area contributed by atoms with Gasteiger partial charge >= 0.3 is 5.97 Å². The van der Waals surface area contributed by atoms with Crippen molar-refractivity contribution in [3.05, 3.63) is 12.2 Å². The van der Waals surface area contributed by atoms with Gasteiger partial charge in [-0.15, -0.1) is 0 Å². The van der Waals surface area contributed by atoms with Crippen LogP contribution in [0.15, 0.2) is 12.2 Å². The molecule has 15 heavy (non-hydrogen) atoms. The van der Waals surface area contributed by atoms with E-state index in [-0.39, 0.29) is 5.97 Å². The minimum Gasteiger partial charge on any atom is -0.446 e. The summed E-state index contributed by atoms with van der Waals surface area (Å²) in [5.41, 5.74) is 0.273. The van der Waals surface area contributed by atoms with Crippen LogP contribution in [0.5, 0.6) is 0 Å². The second-order valence-electron chi connectivity index (χ2n) is 4.18. The molecule has 82 valence electrons. The highest BCUT2D eigenvalue weighted by Gasteiger charge is 2.33. The van der Waals surface area contributed by atoms with Gasteiger partial charge in [-0.25, -0.2) is 0 Å². The van der Waals surface area contributed by atoms with Crippen molar-refractivity contribution >= 4 is 5.97 Å². The number of esters is 1. The van der Waals surface area contributed by atoms with Crippen molar-refractivity contribution < 1.29 is 9.53 Å². The molecule has 0 unspecified atom stereocenters. The highest BCUT2D eigenvalue weighted by atomic mass is 16.6. The molecule has 1 rings (SSSR count). The van der Waals surface area contributed by atoms with E-state index in [4.69, 9.17) is 4.74 Å². The molecule has 0 aliphatic heterocycles. The maximum absolute atomic E-state index is 11.0. The van der Waals surface area contributed by atoms with Crippen molar-refractivity contribution in [2.75, 3.05) is 0 Å². The molecule has 0 aromatic rings. The molecule has 1 fully saturated rings. The Morgan fingerprint density at radius 3 is 2.33 bits per heavy atom. The van der Waals surface area contributed by atoms with E-state index < -0.39 is 5.60 Å². The summed E-state index contributed by atoms with van der Waals surface area (Å²) in [5, 5.41) is 0. The Bertz CT molecular complexity index is 311. The van der Waals surface area contributed by atoms with Crippen LogP contribution in [0.3, 0.4) is 0 Å². The number of allylic oxidation sites excluding steroid dienone is 1. The lowest BCUT2D eigenvalue weighted by Crippen LogP contribution is -2.35. The number of ether oxygens (including phenoxy) is 1. The third-order valence-corrected chi connectivity index (χ3v) is 2.50. The first-order valence-corrected chi connectivity index (χ1v) is 5.42. The Balaban J connectivity index is 2.81. The smallest absolute Gasteiger partial charge is 0.304 e. The van der Waals surface area contributed by atoms with Crippen LogP contribution >= 0.6 is 0 Å². The zero-order chi connectivity index (χ0) is 11.3. The summed E-state index contributed by atoms with van der Waals surface area (Å²) in [6.45, 7) is 7.04. The molecule has 2 heteroatoms. The molecule has 0 aromatic carbocycles. The van der Waals surface area contributed by atoms with Gasteiger partial charge in [-0.2, -0.15) is 0 Å². The first-order chi connectivity index (χ1) is 7.04. The first-order valence-electron chi connectivity index (χ1n) is 5.42. The number of hydrogen-bond donors (Lipinski definition) is 0. The molecule has 0 heterocycles. The summed E-state index contributed by atoms with van der Waals surface area (Å²) in [7, 11) is 0. The van der Waals surface area contributed by atoms with Crippen molar-refractivity contribution in [2.24, 2.45) is 0 Å². The highest BCUT2D eigenvalue weighted by Crippen LogP contribution is 2.31. The van der Waals surface area contributed by atoms with E-state index in [0.717, 1.165) is 31.3 Å². The predicted octanol–water partition coefficient (Wildman–Crippen LogP) is 2.83. The van der Waals surface area contributed by atoms with Gasteiger partial charge in [-0.05, 0) is 38.2 Å². The lowest BCUT2D eigenvalue weighted by Gasteiger charge is -2.31. The van der Waals surface area contributed by atoms with E-state index in [1.807, 2.05) is 6.92 Å². The Kier molecular flexibility index (Phi) is 3.96. The van der Waals surface area contributed by atoms with Crippen LogP contribution < -0.4 is 0 Å². The van der Waals surface area contributed by atoms with Crippen molar-refractivity contribution in [1.29, 1.82) is 0 Å². The van der Waals surface area contributed by atoms with E-state index >= 15 is 0 Å². The van der Waals surface area contributed by atoms with Gasteiger partial charge in [0.25, 0.3) is 0 Å².